The van der Waals surface area contributed by atoms with Gasteiger partial charge in [-0.05, 0) is 25.7 Å². The molecule has 0 unspecified atom stereocenters. The first kappa shape index (κ1) is 14.7. The van der Waals surface area contributed by atoms with Crippen LogP contribution in [0, 0.1) is 0 Å². The van der Waals surface area contributed by atoms with Crippen LogP contribution in [-0.2, 0) is 9.53 Å². The van der Waals surface area contributed by atoms with E-state index in [0.717, 1.165) is 32.1 Å². The molecule has 1 fully saturated rings. The Hall–Kier alpha value is -0.280. The number of carbonyl (C=O) groups is 1. The van der Waals surface area contributed by atoms with Crippen molar-refractivity contribution in [2.75, 3.05) is 6.61 Å². The van der Waals surface area contributed by atoms with Gasteiger partial charge in [-0.25, -0.2) is 0 Å². The summed E-state index contributed by atoms with van der Waals surface area (Å²) in [4.78, 5) is 11.4. The second kappa shape index (κ2) is 7.07. The minimum atomic E-state index is -0.634. The van der Waals surface area contributed by atoms with Crippen LogP contribution < -0.4 is 5.73 Å². The van der Waals surface area contributed by atoms with Crippen LogP contribution in [0.5, 0.6) is 0 Å². The van der Waals surface area contributed by atoms with Crippen LogP contribution in [0.15, 0.2) is 0 Å². The predicted octanol–water partition coefficient (Wildman–Crippen LogP) is 2.41. The number of hydrogen-bond acceptors (Lipinski definition) is 3. The molecule has 0 bridgehead atoms. The largest absolute Gasteiger partial charge is 0.464 e. The van der Waals surface area contributed by atoms with Gasteiger partial charge in [0.25, 0.3) is 0 Å². The van der Waals surface area contributed by atoms with Crippen molar-refractivity contribution >= 4 is 18.4 Å². The zero-order valence-corrected chi connectivity index (χ0v) is 10.3. The van der Waals surface area contributed by atoms with Crippen LogP contribution in [0.2, 0.25) is 0 Å². The maximum Gasteiger partial charge on any atom is 0.326 e. The van der Waals surface area contributed by atoms with E-state index in [-0.39, 0.29) is 18.4 Å². The van der Waals surface area contributed by atoms with Crippen molar-refractivity contribution in [1.82, 2.24) is 0 Å². The molecule has 90 valence electrons. The first-order valence-electron chi connectivity index (χ1n) is 5.65. The van der Waals surface area contributed by atoms with E-state index in [0.29, 0.717) is 6.61 Å². The fraction of sp³-hybridized carbons (Fsp3) is 0.909. The van der Waals surface area contributed by atoms with Gasteiger partial charge in [0.2, 0.25) is 0 Å². The number of rotatable bonds is 6. The molecular weight excluding hydrogens is 214 g/mol. The molecular formula is C11H22ClNO2. The van der Waals surface area contributed by atoms with Gasteiger partial charge in [-0.1, -0.05) is 26.2 Å². The molecule has 0 amide bonds. The molecule has 4 heteroatoms. The highest BCUT2D eigenvalue weighted by molar-refractivity contribution is 5.85. The minimum absolute atomic E-state index is 0. The summed E-state index contributed by atoms with van der Waals surface area (Å²) in [6.45, 7) is 2.70. The second-order valence-electron chi connectivity index (χ2n) is 4.21. The molecule has 0 spiro atoms. The van der Waals surface area contributed by atoms with Crippen molar-refractivity contribution in [3.8, 4) is 0 Å². The molecule has 1 rings (SSSR count). The SMILES string of the molecule is CCCCCCOC(=O)C1(N)CCC1.Cl. The van der Waals surface area contributed by atoms with Gasteiger partial charge in [-0.3, -0.25) is 4.79 Å². The lowest BCUT2D eigenvalue weighted by Crippen LogP contribution is -2.54. The van der Waals surface area contributed by atoms with Crippen molar-refractivity contribution in [2.24, 2.45) is 5.73 Å². The smallest absolute Gasteiger partial charge is 0.326 e. The first-order valence-corrected chi connectivity index (χ1v) is 5.65. The van der Waals surface area contributed by atoms with Crippen LogP contribution in [0.1, 0.15) is 51.9 Å². The molecule has 0 heterocycles. The van der Waals surface area contributed by atoms with E-state index in [2.05, 4.69) is 6.92 Å². The number of halogens is 1. The molecule has 0 radical (unpaired) electrons. The van der Waals surface area contributed by atoms with Crippen molar-refractivity contribution in [1.29, 1.82) is 0 Å². The second-order valence-corrected chi connectivity index (χ2v) is 4.21. The number of hydrogen-bond donors (Lipinski definition) is 1. The zero-order chi connectivity index (χ0) is 10.4. The standard InChI is InChI=1S/C11H21NO2.ClH/c1-2-3-4-5-9-14-10(13)11(12)7-6-8-11;/h2-9,12H2,1H3;1H. The van der Waals surface area contributed by atoms with Crippen LogP contribution >= 0.6 is 12.4 Å². The lowest BCUT2D eigenvalue weighted by Gasteiger charge is -2.35. The molecule has 1 saturated carbocycles. The number of nitrogens with two attached hydrogens (primary N) is 1. The molecule has 0 aromatic heterocycles. The highest BCUT2D eigenvalue weighted by Gasteiger charge is 2.41. The Bertz CT molecular complexity index is 193. The molecule has 15 heavy (non-hydrogen) atoms. The summed E-state index contributed by atoms with van der Waals surface area (Å²) in [5, 5.41) is 0. The first-order chi connectivity index (χ1) is 6.69. The van der Waals surface area contributed by atoms with E-state index in [9.17, 15) is 4.79 Å². The van der Waals surface area contributed by atoms with Crippen molar-refractivity contribution < 1.29 is 9.53 Å². The summed E-state index contributed by atoms with van der Waals surface area (Å²) in [5.74, 6) is -0.194. The predicted molar refractivity (Wildman–Crippen MR) is 63.1 cm³/mol. The molecule has 0 saturated heterocycles. The number of ether oxygens (including phenoxy) is 1. The van der Waals surface area contributed by atoms with E-state index in [1.165, 1.54) is 12.8 Å². The van der Waals surface area contributed by atoms with Crippen LogP contribution in [0.3, 0.4) is 0 Å². The van der Waals surface area contributed by atoms with Gasteiger partial charge >= 0.3 is 5.97 Å². The summed E-state index contributed by atoms with van der Waals surface area (Å²) in [5.41, 5.74) is 5.18. The van der Waals surface area contributed by atoms with E-state index >= 15 is 0 Å². The van der Waals surface area contributed by atoms with E-state index in [1.54, 1.807) is 0 Å². The van der Waals surface area contributed by atoms with Gasteiger partial charge in [-0.2, -0.15) is 0 Å². The lowest BCUT2D eigenvalue weighted by molar-refractivity contribution is -0.153. The van der Waals surface area contributed by atoms with Gasteiger partial charge in [0.1, 0.15) is 5.54 Å². The van der Waals surface area contributed by atoms with Crippen molar-refractivity contribution in [3.63, 3.8) is 0 Å². The molecule has 0 aromatic carbocycles. The average Bonchev–Trinajstić information content (AvgIpc) is 2.13. The maximum absolute atomic E-state index is 11.4. The van der Waals surface area contributed by atoms with Gasteiger partial charge < -0.3 is 10.5 Å². The summed E-state index contributed by atoms with van der Waals surface area (Å²) in [7, 11) is 0. The topological polar surface area (TPSA) is 52.3 Å². The van der Waals surface area contributed by atoms with E-state index in [4.69, 9.17) is 10.5 Å². The zero-order valence-electron chi connectivity index (χ0n) is 9.46. The number of unbranched alkanes of at least 4 members (excludes halogenated alkanes) is 3. The fourth-order valence-corrected chi connectivity index (χ4v) is 1.60. The third kappa shape index (κ3) is 4.39. The Balaban J connectivity index is 0.00000196. The average molecular weight is 236 g/mol. The summed E-state index contributed by atoms with van der Waals surface area (Å²) in [6.07, 6.45) is 7.17. The Labute approximate surface area is 98.2 Å². The Morgan fingerprint density at radius 2 is 2.00 bits per heavy atom. The normalized spacial score (nSPS) is 17.5. The third-order valence-corrected chi connectivity index (χ3v) is 2.88. The van der Waals surface area contributed by atoms with Crippen molar-refractivity contribution in [3.05, 3.63) is 0 Å². The Morgan fingerprint density at radius 3 is 2.47 bits per heavy atom. The summed E-state index contributed by atoms with van der Waals surface area (Å²) >= 11 is 0. The van der Waals surface area contributed by atoms with Crippen LogP contribution in [0.4, 0.5) is 0 Å². The molecule has 1 aliphatic carbocycles. The van der Waals surface area contributed by atoms with E-state index < -0.39 is 5.54 Å². The third-order valence-electron chi connectivity index (χ3n) is 2.88. The lowest BCUT2D eigenvalue weighted by atomic mass is 9.78. The van der Waals surface area contributed by atoms with E-state index in [1.807, 2.05) is 0 Å². The minimum Gasteiger partial charge on any atom is -0.464 e. The Kier molecular flexibility index (Phi) is 6.94. The highest BCUT2D eigenvalue weighted by Crippen LogP contribution is 2.30. The quantitative estimate of drug-likeness (QED) is 0.568. The Morgan fingerprint density at radius 1 is 1.33 bits per heavy atom. The molecule has 2 N–H and O–H groups in total. The summed E-state index contributed by atoms with van der Waals surface area (Å²) in [6, 6.07) is 0. The van der Waals surface area contributed by atoms with Crippen molar-refractivity contribution in [2.45, 2.75) is 57.4 Å². The molecule has 1 aliphatic rings. The molecule has 0 aliphatic heterocycles. The van der Waals surface area contributed by atoms with Gasteiger partial charge in [-0.15, -0.1) is 12.4 Å². The fourth-order valence-electron chi connectivity index (χ4n) is 1.60. The van der Waals surface area contributed by atoms with Crippen LogP contribution in [0.25, 0.3) is 0 Å². The number of carbonyl (C=O) groups excluding carboxylic acids is 1. The van der Waals surface area contributed by atoms with Gasteiger partial charge in [0, 0.05) is 0 Å². The van der Waals surface area contributed by atoms with Gasteiger partial charge in [0.15, 0.2) is 0 Å². The van der Waals surface area contributed by atoms with Gasteiger partial charge in [0.05, 0.1) is 6.61 Å². The molecule has 3 nitrogen and oxygen atoms in total. The molecule has 0 aromatic rings. The highest BCUT2D eigenvalue weighted by atomic mass is 35.5. The summed E-state index contributed by atoms with van der Waals surface area (Å²) < 4.78 is 5.13. The monoisotopic (exact) mass is 235 g/mol. The maximum atomic E-state index is 11.4. The number of esters is 1. The van der Waals surface area contributed by atoms with Crippen LogP contribution in [-0.4, -0.2) is 18.1 Å². The molecule has 0 atom stereocenters.